The Kier molecular flexibility index (Phi) is 4.71. The largest absolute Gasteiger partial charge is 0.480 e. The molecular formula is C21H20F2N6O2S. The summed E-state index contributed by atoms with van der Waals surface area (Å²) in [6.45, 7) is 1.61. The van der Waals surface area contributed by atoms with E-state index in [1.54, 1.807) is 13.0 Å². The van der Waals surface area contributed by atoms with E-state index in [0.29, 0.717) is 29.2 Å². The zero-order chi connectivity index (χ0) is 22.7. The average molecular weight is 458 g/mol. The fourth-order valence-corrected chi connectivity index (χ4v) is 5.73. The number of aliphatic hydroxyl groups is 1. The molecule has 166 valence electrons. The number of thioether (sulfide) groups is 1. The average Bonchev–Trinajstić information content (AvgIpc) is 3.51. The van der Waals surface area contributed by atoms with Crippen LogP contribution in [0.2, 0.25) is 0 Å². The van der Waals surface area contributed by atoms with Crippen molar-refractivity contribution in [2.45, 2.75) is 23.6 Å². The quantitative estimate of drug-likeness (QED) is 0.534. The van der Waals surface area contributed by atoms with E-state index >= 15 is 4.39 Å². The van der Waals surface area contributed by atoms with Crippen molar-refractivity contribution in [3.05, 3.63) is 47.8 Å². The molecule has 0 unspecified atom stereocenters. The third kappa shape index (κ3) is 3.15. The van der Waals surface area contributed by atoms with Crippen LogP contribution in [0, 0.1) is 17.6 Å². The number of anilines is 2. The van der Waals surface area contributed by atoms with Crippen molar-refractivity contribution >= 4 is 39.5 Å². The second-order valence-corrected chi connectivity index (χ2v) is 9.50. The fourth-order valence-electron chi connectivity index (χ4n) is 4.39. The Morgan fingerprint density at radius 1 is 1.34 bits per heavy atom. The van der Waals surface area contributed by atoms with Crippen molar-refractivity contribution in [1.29, 1.82) is 0 Å². The number of pyridine rings is 1. The lowest BCUT2D eigenvalue weighted by molar-refractivity contribution is 0.264. The highest BCUT2D eigenvalue weighted by Gasteiger charge is 2.66. The number of nitrogens with zero attached hydrogens (tertiary/aromatic N) is 4. The third-order valence-corrected chi connectivity index (χ3v) is 7.39. The van der Waals surface area contributed by atoms with E-state index < -0.39 is 21.9 Å². The van der Waals surface area contributed by atoms with Crippen molar-refractivity contribution in [2.24, 2.45) is 16.6 Å². The van der Waals surface area contributed by atoms with Crippen LogP contribution in [0.5, 0.6) is 5.88 Å². The number of rotatable bonds is 5. The van der Waals surface area contributed by atoms with Gasteiger partial charge in [0.05, 0.1) is 35.7 Å². The summed E-state index contributed by atoms with van der Waals surface area (Å²) in [6.07, 6.45) is 3.59. The zero-order valence-corrected chi connectivity index (χ0v) is 18.1. The molecule has 3 heterocycles. The van der Waals surface area contributed by atoms with Crippen LogP contribution in [0.15, 0.2) is 35.6 Å². The van der Waals surface area contributed by atoms with Crippen molar-refractivity contribution in [1.82, 2.24) is 15.0 Å². The number of nitrogens with one attached hydrogen (secondary N) is 1. The molecule has 1 fully saturated rings. The third-order valence-electron chi connectivity index (χ3n) is 6.10. The van der Waals surface area contributed by atoms with Crippen molar-refractivity contribution < 1.29 is 18.6 Å². The second-order valence-electron chi connectivity index (χ2n) is 8.06. The topological polar surface area (TPSA) is 119 Å². The highest BCUT2D eigenvalue weighted by molar-refractivity contribution is 8.15. The molecule has 1 aromatic carbocycles. The predicted octanol–water partition coefficient (Wildman–Crippen LogP) is 3.08. The number of nitrogens with two attached hydrogens (primary N) is 1. The summed E-state index contributed by atoms with van der Waals surface area (Å²) in [7, 11) is 1.49. The van der Waals surface area contributed by atoms with Crippen LogP contribution < -0.4 is 15.8 Å². The predicted molar refractivity (Wildman–Crippen MR) is 118 cm³/mol. The molecule has 0 amide bonds. The summed E-state index contributed by atoms with van der Waals surface area (Å²) >= 11 is 1.29. The number of aromatic nitrogens is 3. The number of hydrogen-bond acceptors (Lipinski definition) is 9. The van der Waals surface area contributed by atoms with Gasteiger partial charge in [-0.05, 0) is 25.5 Å². The molecule has 4 N–H and O–H groups in total. The number of aliphatic hydroxyl groups excluding tert-OH is 1. The van der Waals surface area contributed by atoms with Crippen molar-refractivity contribution in [3.63, 3.8) is 0 Å². The molecule has 2 aromatic heterocycles. The van der Waals surface area contributed by atoms with Gasteiger partial charge in [0.2, 0.25) is 5.88 Å². The van der Waals surface area contributed by atoms with E-state index in [2.05, 4.69) is 25.3 Å². The Bertz CT molecular complexity index is 1270. The number of benzene rings is 1. The van der Waals surface area contributed by atoms with Crippen LogP contribution in [0.25, 0.3) is 11.0 Å². The van der Waals surface area contributed by atoms with Crippen molar-refractivity contribution in [3.8, 4) is 5.88 Å². The van der Waals surface area contributed by atoms with Gasteiger partial charge in [0, 0.05) is 29.4 Å². The number of hydrogen-bond donors (Lipinski definition) is 3. The number of amidine groups is 1. The second kappa shape index (κ2) is 7.24. The monoisotopic (exact) mass is 458 g/mol. The highest BCUT2D eigenvalue weighted by Crippen LogP contribution is 2.65. The van der Waals surface area contributed by atoms with Gasteiger partial charge in [0.1, 0.15) is 5.52 Å². The maximum Gasteiger partial charge on any atom is 0.232 e. The lowest BCUT2D eigenvalue weighted by Crippen LogP contribution is -2.37. The van der Waals surface area contributed by atoms with Crippen LogP contribution in [-0.2, 0) is 5.54 Å². The molecule has 2 aliphatic rings. The molecule has 0 saturated heterocycles. The summed E-state index contributed by atoms with van der Waals surface area (Å²) in [5.41, 5.74) is 6.21. The number of halogens is 2. The van der Waals surface area contributed by atoms with Gasteiger partial charge in [-0.2, -0.15) is 0 Å². The molecule has 0 bridgehead atoms. The normalized spacial score (nSPS) is 26.4. The first-order valence-corrected chi connectivity index (χ1v) is 10.7. The summed E-state index contributed by atoms with van der Waals surface area (Å²) in [6, 6.07) is 4.23. The van der Waals surface area contributed by atoms with Crippen LogP contribution in [-0.4, -0.2) is 43.7 Å². The Morgan fingerprint density at radius 3 is 2.91 bits per heavy atom. The van der Waals surface area contributed by atoms with E-state index in [-0.39, 0.29) is 28.9 Å². The molecule has 5 rings (SSSR count). The molecule has 0 spiro atoms. The minimum absolute atomic E-state index is 0.0663. The Balaban J connectivity index is 1.57. The van der Waals surface area contributed by atoms with Gasteiger partial charge in [-0.25, -0.2) is 23.7 Å². The molecule has 1 aliphatic carbocycles. The summed E-state index contributed by atoms with van der Waals surface area (Å²) < 4.78 is 34.3. The number of methoxy groups -OCH3 is 1. The Labute approximate surface area is 186 Å². The van der Waals surface area contributed by atoms with E-state index in [1.807, 2.05) is 0 Å². The van der Waals surface area contributed by atoms with Gasteiger partial charge in [-0.3, -0.25) is 4.99 Å². The number of aliphatic imine (C=N–C) groups is 1. The van der Waals surface area contributed by atoms with Gasteiger partial charge in [-0.15, -0.1) is 0 Å². The van der Waals surface area contributed by atoms with Gasteiger partial charge < -0.3 is 20.9 Å². The Morgan fingerprint density at radius 2 is 2.16 bits per heavy atom. The molecular weight excluding hydrogens is 438 g/mol. The van der Waals surface area contributed by atoms with Crippen LogP contribution in [0.3, 0.4) is 0 Å². The van der Waals surface area contributed by atoms with Crippen LogP contribution in [0.4, 0.5) is 20.3 Å². The van der Waals surface area contributed by atoms with Gasteiger partial charge in [0.15, 0.2) is 22.6 Å². The van der Waals surface area contributed by atoms with Crippen molar-refractivity contribution in [2.75, 3.05) is 19.0 Å². The minimum atomic E-state index is -1.11. The molecule has 32 heavy (non-hydrogen) atoms. The zero-order valence-electron chi connectivity index (χ0n) is 17.3. The molecule has 8 nitrogen and oxygen atoms in total. The first-order chi connectivity index (χ1) is 15.3. The van der Waals surface area contributed by atoms with E-state index in [0.717, 1.165) is 6.07 Å². The Hall–Kier alpha value is -3.05. The first-order valence-electron chi connectivity index (χ1n) is 9.87. The van der Waals surface area contributed by atoms with Gasteiger partial charge >= 0.3 is 0 Å². The van der Waals surface area contributed by atoms with E-state index in [1.165, 1.54) is 37.3 Å². The minimum Gasteiger partial charge on any atom is -0.480 e. The van der Waals surface area contributed by atoms with Gasteiger partial charge in [-0.1, -0.05) is 11.8 Å². The molecule has 3 atom stereocenters. The standard InChI is InChI=1S/C21H20F2N6O2S/c1-20(14-7-21(14,9-30)32-19(24)29-20)11-5-10(6-12(22)16(11)23)27-18-17-13(3-4-25-18)28-15(31-2)8-26-17/h3-6,8,14,30H,7,9H2,1-2H3,(H2,24,29)(H,25,27)/t14-,20+,21-/m0/s1. The molecule has 11 heteroatoms. The number of ether oxygens (including phenoxy) is 1. The van der Waals surface area contributed by atoms with Crippen LogP contribution >= 0.6 is 11.8 Å². The molecule has 1 saturated carbocycles. The summed E-state index contributed by atoms with van der Waals surface area (Å²) in [4.78, 5) is 17.4. The summed E-state index contributed by atoms with van der Waals surface area (Å²) in [5.74, 6) is -1.51. The van der Waals surface area contributed by atoms with E-state index in [4.69, 9.17) is 10.5 Å². The first kappa shape index (κ1) is 20.8. The maximum atomic E-state index is 15.0. The maximum absolute atomic E-state index is 15.0. The SMILES string of the molecule is COc1cnc2c(Nc3cc(F)c(F)c([C@@]4(C)N=C(N)S[C@]5(CO)C[C@H]54)c3)nccc2n1. The van der Waals surface area contributed by atoms with Gasteiger partial charge in [0.25, 0.3) is 0 Å². The fraction of sp³-hybridized carbons (Fsp3) is 0.333. The van der Waals surface area contributed by atoms with Crippen LogP contribution in [0.1, 0.15) is 18.9 Å². The molecule has 3 aromatic rings. The molecule has 0 radical (unpaired) electrons. The van der Waals surface area contributed by atoms with E-state index in [9.17, 15) is 9.50 Å². The summed E-state index contributed by atoms with van der Waals surface area (Å²) in [5, 5.41) is 13.1. The molecule has 1 aliphatic heterocycles. The highest BCUT2D eigenvalue weighted by atomic mass is 32.2. The number of fused-ring (bicyclic) bond motifs is 2. The smallest absolute Gasteiger partial charge is 0.232 e. The lowest BCUT2D eigenvalue weighted by atomic mass is 9.85. The lowest BCUT2D eigenvalue weighted by Gasteiger charge is -2.34.